The van der Waals surface area contributed by atoms with E-state index in [1.165, 1.54) is 24.8 Å². The first-order chi connectivity index (χ1) is 13.6. The highest BCUT2D eigenvalue weighted by molar-refractivity contribution is 5.94. The van der Waals surface area contributed by atoms with Crippen molar-refractivity contribution in [3.8, 4) is 5.75 Å². The van der Waals surface area contributed by atoms with Crippen LogP contribution >= 0.6 is 0 Å². The van der Waals surface area contributed by atoms with E-state index >= 15 is 0 Å². The molecule has 1 atom stereocenters. The van der Waals surface area contributed by atoms with E-state index in [4.69, 9.17) is 4.74 Å². The fourth-order valence-electron chi connectivity index (χ4n) is 3.87. The number of nitrogens with zero attached hydrogens (tertiary/aromatic N) is 2. The molecule has 1 aliphatic heterocycles. The highest BCUT2D eigenvalue weighted by Crippen LogP contribution is 2.21. The Balaban J connectivity index is 1.54. The van der Waals surface area contributed by atoms with Crippen molar-refractivity contribution in [3.63, 3.8) is 0 Å². The Morgan fingerprint density at radius 3 is 2.75 bits per heavy atom. The number of carbonyl (C=O) groups is 1. The summed E-state index contributed by atoms with van der Waals surface area (Å²) in [5.74, 6) is -0.493. The SMILES string of the molecule is COc1ccc(C(=O)N(C)C2CCCN(CCCc3ccccc3)C2)cc1F. The van der Waals surface area contributed by atoms with E-state index in [0.29, 0.717) is 5.56 Å². The lowest BCUT2D eigenvalue weighted by molar-refractivity contribution is 0.0616. The number of benzene rings is 2. The molecule has 4 nitrogen and oxygen atoms in total. The molecule has 3 rings (SSSR count). The highest BCUT2D eigenvalue weighted by atomic mass is 19.1. The van der Waals surface area contributed by atoms with E-state index in [9.17, 15) is 9.18 Å². The van der Waals surface area contributed by atoms with Crippen molar-refractivity contribution in [2.45, 2.75) is 31.7 Å². The van der Waals surface area contributed by atoms with Crippen LogP contribution in [0.2, 0.25) is 0 Å². The lowest BCUT2D eigenvalue weighted by Gasteiger charge is -2.37. The number of methoxy groups -OCH3 is 1. The second kappa shape index (κ2) is 9.69. The predicted molar refractivity (Wildman–Crippen MR) is 109 cm³/mol. The zero-order valence-corrected chi connectivity index (χ0v) is 16.7. The van der Waals surface area contributed by atoms with E-state index < -0.39 is 5.82 Å². The first kappa shape index (κ1) is 20.3. The van der Waals surface area contributed by atoms with Gasteiger partial charge in [0.25, 0.3) is 5.91 Å². The lowest BCUT2D eigenvalue weighted by Crippen LogP contribution is -2.48. The number of hydrogen-bond donors (Lipinski definition) is 0. The molecule has 0 N–H and O–H groups in total. The molecule has 5 heteroatoms. The Morgan fingerprint density at radius 1 is 1.25 bits per heavy atom. The third-order valence-corrected chi connectivity index (χ3v) is 5.53. The van der Waals surface area contributed by atoms with Crippen molar-refractivity contribution in [2.75, 3.05) is 33.8 Å². The van der Waals surface area contributed by atoms with Crippen LogP contribution in [0.1, 0.15) is 35.2 Å². The average Bonchev–Trinajstić information content (AvgIpc) is 2.73. The third-order valence-electron chi connectivity index (χ3n) is 5.53. The number of amides is 1. The van der Waals surface area contributed by atoms with Gasteiger partial charge in [0.1, 0.15) is 0 Å². The summed E-state index contributed by atoms with van der Waals surface area (Å²) in [5, 5.41) is 0. The quantitative estimate of drug-likeness (QED) is 0.723. The Bertz CT molecular complexity index is 781. The molecule has 1 heterocycles. The highest BCUT2D eigenvalue weighted by Gasteiger charge is 2.27. The van der Waals surface area contributed by atoms with Gasteiger partial charge in [-0.2, -0.15) is 0 Å². The molecule has 1 unspecified atom stereocenters. The fourth-order valence-corrected chi connectivity index (χ4v) is 3.87. The first-order valence-corrected chi connectivity index (χ1v) is 9.95. The maximum Gasteiger partial charge on any atom is 0.253 e. The Kier molecular flexibility index (Phi) is 7.04. The number of rotatable bonds is 7. The van der Waals surface area contributed by atoms with Gasteiger partial charge in [0, 0.05) is 25.2 Å². The van der Waals surface area contributed by atoms with E-state index in [-0.39, 0.29) is 17.7 Å². The fraction of sp³-hybridized carbons (Fsp3) is 0.435. The molecular formula is C23H29FN2O2. The summed E-state index contributed by atoms with van der Waals surface area (Å²) in [6.45, 7) is 2.98. The Morgan fingerprint density at radius 2 is 2.04 bits per heavy atom. The third kappa shape index (κ3) is 5.10. The zero-order valence-electron chi connectivity index (χ0n) is 16.7. The van der Waals surface area contributed by atoms with E-state index in [2.05, 4.69) is 29.2 Å². The minimum absolute atomic E-state index is 0.141. The number of aryl methyl sites for hydroxylation is 1. The number of hydrogen-bond acceptors (Lipinski definition) is 3. The van der Waals surface area contributed by atoms with E-state index in [1.807, 2.05) is 13.1 Å². The number of likely N-dealkylation sites (N-methyl/N-ethyl adjacent to an activating group) is 1. The maximum atomic E-state index is 14.0. The number of carbonyl (C=O) groups excluding carboxylic acids is 1. The molecule has 1 saturated heterocycles. The molecule has 2 aromatic carbocycles. The van der Waals surface area contributed by atoms with Crippen LogP contribution in [0, 0.1) is 5.82 Å². The van der Waals surface area contributed by atoms with Crippen molar-refractivity contribution >= 4 is 5.91 Å². The average molecular weight is 384 g/mol. The Labute approximate surface area is 166 Å². The summed E-state index contributed by atoms with van der Waals surface area (Å²) in [6.07, 6.45) is 4.24. The Hall–Kier alpha value is -2.40. The van der Waals surface area contributed by atoms with Crippen LogP contribution < -0.4 is 4.74 Å². The number of ether oxygens (including phenoxy) is 1. The van der Waals surface area contributed by atoms with Gasteiger partial charge in [-0.1, -0.05) is 30.3 Å². The van der Waals surface area contributed by atoms with Crippen LogP contribution in [0.15, 0.2) is 48.5 Å². The van der Waals surface area contributed by atoms with E-state index in [1.54, 1.807) is 11.0 Å². The van der Waals surface area contributed by atoms with Gasteiger partial charge in [-0.05, 0) is 62.5 Å². The van der Waals surface area contributed by atoms with Crippen LogP contribution in [0.25, 0.3) is 0 Å². The lowest BCUT2D eigenvalue weighted by atomic mass is 10.0. The van der Waals surface area contributed by atoms with Gasteiger partial charge in [-0.25, -0.2) is 4.39 Å². The van der Waals surface area contributed by atoms with Gasteiger partial charge >= 0.3 is 0 Å². The summed E-state index contributed by atoms with van der Waals surface area (Å²) < 4.78 is 18.9. The van der Waals surface area contributed by atoms with Gasteiger partial charge < -0.3 is 14.5 Å². The number of likely N-dealkylation sites (tertiary alicyclic amines) is 1. The first-order valence-electron chi connectivity index (χ1n) is 9.95. The molecule has 1 amide bonds. The minimum Gasteiger partial charge on any atom is -0.494 e. The van der Waals surface area contributed by atoms with Crippen molar-refractivity contribution in [2.24, 2.45) is 0 Å². The minimum atomic E-state index is -0.507. The van der Waals surface area contributed by atoms with Gasteiger partial charge in [0.2, 0.25) is 0 Å². The summed E-state index contributed by atoms with van der Waals surface area (Å²) in [4.78, 5) is 17.0. The van der Waals surface area contributed by atoms with Gasteiger partial charge in [-0.3, -0.25) is 4.79 Å². The molecule has 0 aromatic heterocycles. The maximum absolute atomic E-state index is 14.0. The molecule has 0 saturated carbocycles. The second-order valence-corrected chi connectivity index (χ2v) is 7.45. The normalized spacial score (nSPS) is 17.3. The molecule has 0 aliphatic carbocycles. The molecule has 1 fully saturated rings. The van der Waals surface area contributed by atoms with Crippen molar-refractivity contribution < 1.29 is 13.9 Å². The van der Waals surface area contributed by atoms with Crippen LogP contribution in [0.3, 0.4) is 0 Å². The van der Waals surface area contributed by atoms with Gasteiger partial charge in [0.05, 0.1) is 7.11 Å². The van der Waals surface area contributed by atoms with Crippen LogP contribution in [-0.2, 0) is 6.42 Å². The summed E-state index contributed by atoms with van der Waals surface area (Å²) in [7, 11) is 3.24. The predicted octanol–water partition coefficient (Wildman–Crippen LogP) is 4.00. The number of halogens is 1. The van der Waals surface area contributed by atoms with Crippen molar-refractivity contribution in [1.82, 2.24) is 9.80 Å². The molecule has 1 aliphatic rings. The van der Waals surface area contributed by atoms with E-state index in [0.717, 1.165) is 45.3 Å². The summed E-state index contributed by atoms with van der Waals surface area (Å²) >= 11 is 0. The molecule has 0 spiro atoms. The standard InChI is InChI=1S/C23H29FN2O2/c1-25(23(27)19-12-13-22(28-2)21(24)16-19)20-11-7-15-26(17-20)14-6-10-18-8-4-3-5-9-18/h3-5,8-9,12-13,16,20H,6-7,10-11,14-15,17H2,1-2H3. The van der Waals surface area contributed by atoms with Crippen LogP contribution in [0.4, 0.5) is 4.39 Å². The summed E-state index contributed by atoms with van der Waals surface area (Å²) in [5.41, 5.74) is 1.73. The summed E-state index contributed by atoms with van der Waals surface area (Å²) in [6, 6.07) is 15.1. The molecular weight excluding hydrogens is 355 g/mol. The van der Waals surface area contributed by atoms with Crippen molar-refractivity contribution in [1.29, 1.82) is 0 Å². The second-order valence-electron chi connectivity index (χ2n) is 7.45. The smallest absolute Gasteiger partial charge is 0.253 e. The molecule has 0 radical (unpaired) electrons. The van der Waals surface area contributed by atoms with Gasteiger partial charge in [-0.15, -0.1) is 0 Å². The molecule has 150 valence electrons. The number of piperidine rings is 1. The van der Waals surface area contributed by atoms with Gasteiger partial charge in [0.15, 0.2) is 11.6 Å². The molecule has 0 bridgehead atoms. The monoisotopic (exact) mass is 384 g/mol. The van der Waals surface area contributed by atoms with Crippen LogP contribution in [-0.4, -0.2) is 55.5 Å². The zero-order chi connectivity index (χ0) is 19.9. The largest absolute Gasteiger partial charge is 0.494 e. The van der Waals surface area contributed by atoms with Crippen molar-refractivity contribution in [3.05, 3.63) is 65.5 Å². The molecule has 28 heavy (non-hydrogen) atoms. The molecule has 2 aromatic rings. The van der Waals surface area contributed by atoms with Crippen LogP contribution in [0.5, 0.6) is 5.75 Å². The topological polar surface area (TPSA) is 32.8 Å².